The molecular weight excluding hydrogens is 268 g/mol. The van der Waals surface area contributed by atoms with E-state index in [-0.39, 0.29) is 36.4 Å². The molecule has 1 aromatic rings. The number of anilines is 1. The van der Waals surface area contributed by atoms with Gasteiger partial charge in [-0.2, -0.15) is 0 Å². The monoisotopic (exact) mass is 292 g/mol. The first-order valence-electron chi connectivity index (χ1n) is 7.16. The summed E-state index contributed by atoms with van der Waals surface area (Å²) in [5, 5.41) is 2.76. The molecule has 0 bridgehead atoms. The van der Waals surface area contributed by atoms with Crippen LogP contribution in [-0.4, -0.2) is 24.0 Å². The summed E-state index contributed by atoms with van der Waals surface area (Å²) in [4.78, 5) is 23.5. The summed E-state index contributed by atoms with van der Waals surface area (Å²) in [6.07, 6.45) is 0.115. The van der Waals surface area contributed by atoms with Crippen LogP contribution in [0.2, 0.25) is 0 Å². The molecule has 0 spiro atoms. The van der Waals surface area contributed by atoms with Crippen molar-refractivity contribution >= 4 is 17.6 Å². The van der Waals surface area contributed by atoms with Crippen LogP contribution in [-0.2, 0) is 9.53 Å². The van der Waals surface area contributed by atoms with Crippen molar-refractivity contribution < 1.29 is 14.3 Å². The van der Waals surface area contributed by atoms with Gasteiger partial charge in [0, 0.05) is 18.2 Å². The second-order valence-corrected chi connectivity index (χ2v) is 5.69. The van der Waals surface area contributed by atoms with Gasteiger partial charge in [-0.25, -0.2) is 4.79 Å². The first kappa shape index (κ1) is 17.2. The van der Waals surface area contributed by atoms with Gasteiger partial charge in [0.1, 0.15) is 0 Å². The van der Waals surface area contributed by atoms with Crippen LogP contribution in [0, 0.1) is 5.92 Å². The fourth-order valence-corrected chi connectivity index (χ4v) is 1.63. The molecule has 0 aliphatic rings. The molecule has 21 heavy (non-hydrogen) atoms. The Morgan fingerprint density at radius 2 is 1.71 bits per heavy atom. The van der Waals surface area contributed by atoms with E-state index in [1.807, 2.05) is 13.8 Å². The average Bonchev–Trinajstić information content (AvgIpc) is 2.38. The highest BCUT2D eigenvalue weighted by atomic mass is 16.5. The van der Waals surface area contributed by atoms with Gasteiger partial charge in [0.15, 0.2) is 0 Å². The number of ether oxygens (including phenoxy) is 1. The van der Waals surface area contributed by atoms with Crippen molar-refractivity contribution in [1.82, 2.24) is 0 Å². The molecular formula is C16H24N2O3. The lowest BCUT2D eigenvalue weighted by Gasteiger charge is -2.15. The number of esters is 1. The Morgan fingerprint density at radius 3 is 2.19 bits per heavy atom. The van der Waals surface area contributed by atoms with Gasteiger partial charge in [-0.1, -0.05) is 13.8 Å². The maximum absolute atomic E-state index is 11.8. The van der Waals surface area contributed by atoms with Gasteiger partial charge in [0.25, 0.3) is 0 Å². The number of amides is 1. The van der Waals surface area contributed by atoms with Crippen LogP contribution in [0.1, 0.15) is 44.5 Å². The van der Waals surface area contributed by atoms with Gasteiger partial charge in [-0.3, -0.25) is 4.79 Å². The lowest BCUT2D eigenvalue weighted by atomic mass is 10.0. The summed E-state index contributed by atoms with van der Waals surface area (Å²) in [5.41, 5.74) is 6.95. The zero-order valence-corrected chi connectivity index (χ0v) is 13.1. The van der Waals surface area contributed by atoms with E-state index >= 15 is 0 Å². The van der Waals surface area contributed by atoms with E-state index in [4.69, 9.17) is 10.5 Å². The molecule has 1 atom stereocenters. The second kappa shape index (κ2) is 7.78. The molecule has 0 heterocycles. The predicted octanol–water partition coefficient (Wildman–Crippen LogP) is 2.56. The smallest absolute Gasteiger partial charge is 0.338 e. The number of benzene rings is 1. The summed E-state index contributed by atoms with van der Waals surface area (Å²) in [7, 11) is 0. The molecule has 0 fully saturated rings. The molecule has 0 radical (unpaired) electrons. The maximum atomic E-state index is 11.8. The van der Waals surface area contributed by atoms with Crippen molar-refractivity contribution in [2.24, 2.45) is 11.7 Å². The van der Waals surface area contributed by atoms with E-state index in [1.54, 1.807) is 38.1 Å². The van der Waals surface area contributed by atoms with Crippen LogP contribution in [0.15, 0.2) is 24.3 Å². The largest absolute Gasteiger partial charge is 0.459 e. The molecule has 0 saturated heterocycles. The Labute approximate surface area is 125 Å². The van der Waals surface area contributed by atoms with Crippen molar-refractivity contribution in [1.29, 1.82) is 0 Å². The zero-order valence-electron chi connectivity index (χ0n) is 13.1. The molecule has 116 valence electrons. The first-order chi connectivity index (χ1) is 9.79. The lowest BCUT2D eigenvalue weighted by molar-refractivity contribution is -0.116. The fraction of sp³-hybridized carbons (Fsp3) is 0.500. The molecule has 1 aromatic carbocycles. The Balaban J connectivity index is 2.58. The quantitative estimate of drug-likeness (QED) is 0.790. The third-order valence-corrected chi connectivity index (χ3v) is 3.02. The first-order valence-corrected chi connectivity index (χ1v) is 7.16. The predicted molar refractivity (Wildman–Crippen MR) is 83.1 cm³/mol. The normalized spacial score (nSPS) is 12.3. The third-order valence-electron chi connectivity index (χ3n) is 3.02. The zero-order chi connectivity index (χ0) is 16.0. The Hall–Kier alpha value is -1.88. The minimum atomic E-state index is -0.371. The number of hydrogen-bond donors (Lipinski definition) is 2. The van der Waals surface area contributed by atoms with Crippen LogP contribution in [0.5, 0.6) is 0 Å². The highest BCUT2D eigenvalue weighted by molar-refractivity contribution is 5.93. The van der Waals surface area contributed by atoms with Gasteiger partial charge in [-0.15, -0.1) is 0 Å². The van der Waals surface area contributed by atoms with Crippen molar-refractivity contribution in [2.75, 3.05) is 5.32 Å². The van der Waals surface area contributed by atoms with Gasteiger partial charge in [-0.05, 0) is 44.0 Å². The number of hydrogen-bond acceptors (Lipinski definition) is 4. The summed E-state index contributed by atoms with van der Waals surface area (Å²) in [6, 6.07) is 6.45. The van der Waals surface area contributed by atoms with E-state index in [0.29, 0.717) is 11.3 Å². The van der Waals surface area contributed by atoms with Crippen molar-refractivity contribution in [3.05, 3.63) is 29.8 Å². The van der Waals surface area contributed by atoms with Crippen LogP contribution in [0.3, 0.4) is 0 Å². The third kappa shape index (κ3) is 5.95. The van der Waals surface area contributed by atoms with Crippen molar-refractivity contribution in [3.8, 4) is 0 Å². The second-order valence-electron chi connectivity index (χ2n) is 5.69. The number of nitrogens with two attached hydrogens (primary N) is 1. The summed E-state index contributed by atoms with van der Waals surface area (Å²) in [6.45, 7) is 7.55. The molecule has 0 aliphatic heterocycles. The lowest BCUT2D eigenvalue weighted by Crippen LogP contribution is -2.31. The molecule has 1 unspecified atom stereocenters. The van der Waals surface area contributed by atoms with E-state index in [1.165, 1.54) is 0 Å². The van der Waals surface area contributed by atoms with E-state index in [0.717, 1.165) is 0 Å². The topological polar surface area (TPSA) is 81.4 Å². The Morgan fingerprint density at radius 1 is 1.14 bits per heavy atom. The number of rotatable bonds is 6. The molecule has 5 heteroatoms. The Kier molecular flexibility index (Phi) is 6.37. The Bertz CT molecular complexity index is 481. The van der Waals surface area contributed by atoms with Gasteiger partial charge in [0.05, 0.1) is 11.7 Å². The van der Waals surface area contributed by atoms with Crippen molar-refractivity contribution in [3.63, 3.8) is 0 Å². The molecule has 0 aromatic heterocycles. The van der Waals surface area contributed by atoms with E-state index in [2.05, 4.69) is 5.32 Å². The SMILES string of the molecule is CC(C)OC(=O)c1ccc(NC(=O)CC(N)C(C)C)cc1. The molecule has 5 nitrogen and oxygen atoms in total. The average molecular weight is 292 g/mol. The fourth-order valence-electron chi connectivity index (χ4n) is 1.63. The summed E-state index contributed by atoms with van der Waals surface area (Å²) >= 11 is 0. The van der Waals surface area contributed by atoms with E-state index < -0.39 is 0 Å². The molecule has 3 N–H and O–H groups in total. The highest BCUT2D eigenvalue weighted by Crippen LogP contribution is 2.12. The minimum Gasteiger partial charge on any atom is -0.459 e. The maximum Gasteiger partial charge on any atom is 0.338 e. The van der Waals surface area contributed by atoms with Crippen LogP contribution in [0.4, 0.5) is 5.69 Å². The van der Waals surface area contributed by atoms with Crippen LogP contribution >= 0.6 is 0 Å². The summed E-state index contributed by atoms with van der Waals surface area (Å²) < 4.78 is 5.09. The van der Waals surface area contributed by atoms with Crippen LogP contribution < -0.4 is 11.1 Å². The van der Waals surface area contributed by atoms with Gasteiger partial charge < -0.3 is 15.8 Å². The number of carbonyl (C=O) groups is 2. The van der Waals surface area contributed by atoms with Crippen LogP contribution in [0.25, 0.3) is 0 Å². The molecule has 0 aliphatic carbocycles. The molecule has 1 rings (SSSR count). The van der Waals surface area contributed by atoms with E-state index in [9.17, 15) is 9.59 Å². The van der Waals surface area contributed by atoms with Crippen molar-refractivity contribution in [2.45, 2.75) is 46.3 Å². The van der Waals surface area contributed by atoms with Gasteiger partial charge in [0.2, 0.25) is 5.91 Å². The number of nitrogens with one attached hydrogen (secondary N) is 1. The minimum absolute atomic E-state index is 0.131. The highest BCUT2D eigenvalue weighted by Gasteiger charge is 2.13. The number of carbonyl (C=O) groups excluding carboxylic acids is 2. The van der Waals surface area contributed by atoms with Gasteiger partial charge >= 0.3 is 5.97 Å². The molecule has 1 amide bonds. The molecule has 0 saturated carbocycles. The standard InChI is InChI=1S/C16H24N2O3/c1-10(2)14(17)9-15(19)18-13-7-5-12(6-8-13)16(20)21-11(3)4/h5-8,10-11,14H,9,17H2,1-4H3,(H,18,19). The summed E-state index contributed by atoms with van der Waals surface area (Å²) in [5.74, 6) is -0.248.